The average molecular weight is 250 g/mol. The zero-order chi connectivity index (χ0) is 4.50. The summed E-state index contributed by atoms with van der Waals surface area (Å²) in [5, 5.41) is 0. The quantitative estimate of drug-likeness (QED) is 0.337. The Bertz CT molecular complexity index is 58.6. The molecule has 8 heteroatoms. The van der Waals surface area contributed by atoms with E-state index < -0.39 is 7.82 Å². The third-order valence-electron chi connectivity index (χ3n) is 0. The smallest absolute Gasteiger partial charge is 2.00 e. The first-order chi connectivity index (χ1) is 2.00. The van der Waals surface area contributed by atoms with E-state index in [0.29, 0.717) is 0 Å². The first-order valence-electron chi connectivity index (χ1n) is 0.730. The van der Waals surface area contributed by atoms with Crippen molar-refractivity contribution < 1.29 is 72.6 Å². The molecule has 5 nitrogen and oxygen atoms in total. The van der Waals surface area contributed by atoms with Gasteiger partial charge in [0.2, 0.25) is 0 Å². The Morgan fingerprint density at radius 1 is 1.12 bits per heavy atom. The van der Waals surface area contributed by atoms with Crippen molar-refractivity contribution in [2.24, 2.45) is 0 Å². The van der Waals surface area contributed by atoms with E-state index in [4.69, 9.17) is 19.2 Å². The van der Waals surface area contributed by atoms with E-state index in [2.05, 4.69) is 0 Å². The fourth-order valence-corrected chi connectivity index (χ4v) is 0. The van der Waals surface area contributed by atoms with Gasteiger partial charge in [0.25, 0.3) is 0 Å². The van der Waals surface area contributed by atoms with E-state index in [1.807, 2.05) is 0 Å². The second-order valence-corrected chi connectivity index (χ2v) is 1.34. The fourth-order valence-electron chi connectivity index (χ4n) is 0. The van der Waals surface area contributed by atoms with Crippen LogP contribution in [0.5, 0.6) is 0 Å². The van der Waals surface area contributed by atoms with E-state index in [-0.39, 0.29) is 53.4 Å². The molecule has 0 bridgehead atoms. The first-order valence-corrected chi connectivity index (χ1v) is 2.19. The Hall–Kier alpha value is 1.67. The Kier molecular flexibility index (Phi) is 24.5. The first kappa shape index (κ1) is 22.6. The molecule has 0 aromatic heterocycles. The van der Waals surface area contributed by atoms with Gasteiger partial charge in [0.05, 0.1) is 0 Å². The zero-order valence-electron chi connectivity index (χ0n) is 3.49. The molecular weight excluding hydrogens is 250 g/mol. The molecule has 0 amide bonds. The van der Waals surface area contributed by atoms with Crippen molar-refractivity contribution in [2.45, 2.75) is 0 Å². The third-order valence-corrected chi connectivity index (χ3v) is 0. The molecule has 40 valence electrons. The molecule has 0 heterocycles. The molecule has 0 aliphatic rings. The summed E-state index contributed by atoms with van der Waals surface area (Å²) in [5.41, 5.74) is 0. The van der Waals surface area contributed by atoms with Gasteiger partial charge in [0, 0.05) is 0 Å². The van der Waals surface area contributed by atoms with Crippen LogP contribution in [-0.2, 0) is 58.0 Å². The van der Waals surface area contributed by atoms with Crippen molar-refractivity contribution in [1.82, 2.24) is 0 Å². The number of phosphoric acid groups is 1. The van der Waals surface area contributed by atoms with Crippen LogP contribution in [0, 0.1) is 0 Å². The summed E-state index contributed by atoms with van der Waals surface area (Å²) in [7, 11) is -5.39. The zero-order valence-corrected chi connectivity index (χ0v) is 8.40. The van der Waals surface area contributed by atoms with Gasteiger partial charge in [-0.3, -0.25) is 0 Å². The molecule has 0 N–H and O–H groups in total. The van der Waals surface area contributed by atoms with Crippen LogP contribution in [0.25, 0.3) is 0 Å². The monoisotopic (exact) mass is 249 g/mol. The van der Waals surface area contributed by atoms with Gasteiger partial charge in [-0.25, -0.2) is 0 Å². The van der Waals surface area contributed by atoms with Crippen LogP contribution in [-0.4, -0.2) is 0 Å². The summed E-state index contributed by atoms with van der Waals surface area (Å²) in [6.07, 6.45) is 0. The second kappa shape index (κ2) is 8.67. The van der Waals surface area contributed by atoms with E-state index in [0.717, 1.165) is 0 Å². The maximum absolute atomic E-state index is 8.55. The van der Waals surface area contributed by atoms with E-state index in [1.165, 1.54) is 0 Å². The minimum atomic E-state index is -5.39. The van der Waals surface area contributed by atoms with Gasteiger partial charge in [-0.2, -0.15) is 7.82 Å². The maximum Gasteiger partial charge on any atom is 4.00 e. The molecule has 0 aliphatic carbocycles. The molecule has 0 saturated heterocycles. The second-order valence-electron chi connectivity index (χ2n) is 0.447. The van der Waals surface area contributed by atoms with Crippen LogP contribution >= 0.6 is 7.82 Å². The normalized spacial score (nSPS) is 7.38. The summed E-state index contributed by atoms with van der Waals surface area (Å²) in [6, 6.07) is 0. The molecule has 0 unspecified atom stereocenters. The molecule has 0 radical (unpaired) electrons. The molecule has 0 fully saturated rings. The average Bonchev–Trinajstić information content (AvgIpc) is 0.722. The molecule has 0 saturated carbocycles. The predicted molar refractivity (Wildman–Crippen MR) is 8.29 cm³/mol. The van der Waals surface area contributed by atoms with Gasteiger partial charge < -0.3 is 24.7 Å². The van der Waals surface area contributed by atoms with Crippen molar-refractivity contribution in [3.8, 4) is 0 Å². The van der Waals surface area contributed by atoms with Crippen molar-refractivity contribution in [1.29, 1.82) is 0 Å². The molecule has 0 atom stereocenters. The van der Waals surface area contributed by atoms with Crippen LogP contribution in [0.1, 0.15) is 0 Å². The van der Waals surface area contributed by atoms with Crippen molar-refractivity contribution in [3.63, 3.8) is 0 Å². The van der Waals surface area contributed by atoms with Gasteiger partial charge in [-0.05, 0) is 0 Å². The third kappa shape index (κ3) is 123. The molecule has 0 spiro atoms. The van der Waals surface area contributed by atoms with Gasteiger partial charge in [0.1, 0.15) is 0 Å². The Morgan fingerprint density at radius 2 is 1.12 bits per heavy atom. The minimum absolute atomic E-state index is 0. The van der Waals surface area contributed by atoms with Crippen molar-refractivity contribution in [2.75, 3.05) is 0 Å². The molecule has 0 aromatic rings. The number of rotatable bonds is 0. The van der Waals surface area contributed by atoms with Crippen molar-refractivity contribution in [3.05, 3.63) is 0 Å². The van der Waals surface area contributed by atoms with Gasteiger partial charge in [-0.15, -0.1) is 0 Å². The fraction of sp³-hybridized carbons (Fsp3) is 0. The van der Waals surface area contributed by atoms with Crippen LogP contribution in [0.15, 0.2) is 0 Å². The van der Waals surface area contributed by atoms with Crippen LogP contribution in [0.3, 0.4) is 0 Å². The summed E-state index contributed by atoms with van der Waals surface area (Å²) in [5.74, 6) is 0. The van der Waals surface area contributed by atoms with E-state index in [9.17, 15) is 0 Å². The summed E-state index contributed by atoms with van der Waals surface area (Å²) < 4.78 is 8.55. The van der Waals surface area contributed by atoms with Crippen LogP contribution in [0.2, 0.25) is 0 Å². The minimum Gasteiger partial charge on any atom is -2.00 e. The predicted octanol–water partition coefficient (Wildman–Crippen LogP) is -2.95. The van der Waals surface area contributed by atoms with Crippen LogP contribution in [0.4, 0.5) is 0 Å². The standard InChI is InChI=1S/H3O4P.O.Ti.Zr/c1-5(2,3)4;;;/h(H3,1,2,3,4);;;/q;-2;2*+4/p-3. The molecule has 0 aromatic carbocycles. The van der Waals surface area contributed by atoms with Gasteiger partial charge in [0.15, 0.2) is 0 Å². The van der Waals surface area contributed by atoms with E-state index in [1.54, 1.807) is 0 Å². The Labute approximate surface area is 80.0 Å². The molecule has 8 heavy (non-hydrogen) atoms. The summed E-state index contributed by atoms with van der Waals surface area (Å²) >= 11 is 0. The van der Waals surface area contributed by atoms with Crippen molar-refractivity contribution >= 4 is 7.82 Å². The van der Waals surface area contributed by atoms with E-state index >= 15 is 0 Å². The number of hydrogen-bond donors (Lipinski definition) is 0. The summed E-state index contributed by atoms with van der Waals surface area (Å²) in [4.78, 5) is 25.6. The van der Waals surface area contributed by atoms with Crippen LogP contribution < -0.4 is 14.7 Å². The molecule has 0 aliphatic heterocycles. The topological polar surface area (TPSA) is 115 Å². The van der Waals surface area contributed by atoms with Gasteiger partial charge in [-0.1, -0.05) is 0 Å². The van der Waals surface area contributed by atoms with Gasteiger partial charge >= 0.3 is 47.9 Å². The largest absolute Gasteiger partial charge is 4.00 e. The summed E-state index contributed by atoms with van der Waals surface area (Å²) in [6.45, 7) is 0. The molecular formula is O5PTiZr+3. The number of hydrogen-bond acceptors (Lipinski definition) is 4. The Morgan fingerprint density at radius 3 is 1.12 bits per heavy atom. The molecule has 0 rings (SSSR count). The Balaban J connectivity index is -0.0000000267. The maximum atomic E-state index is 8.55. The SMILES string of the molecule is O=P([O-])([O-])[O-].[O-2].[Ti+4].[Zr+4].